The highest BCUT2D eigenvalue weighted by molar-refractivity contribution is 7.89. The fourth-order valence-corrected chi connectivity index (χ4v) is 3.52. The molecule has 0 atom stereocenters. The minimum absolute atomic E-state index is 0.00223. The maximum Gasteiger partial charge on any atom is 0.275 e. The Morgan fingerprint density at radius 2 is 1.69 bits per heavy atom. The smallest absolute Gasteiger partial charge is 0.267 e. The number of halogens is 1. The van der Waals surface area contributed by atoms with Crippen molar-refractivity contribution in [2.75, 3.05) is 0 Å². The first-order valence-electron chi connectivity index (χ1n) is 9.17. The number of nitrogens with zero attached hydrogens (tertiary/aromatic N) is 2. The van der Waals surface area contributed by atoms with Crippen LogP contribution in [0.25, 0.3) is 16.8 Å². The van der Waals surface area contributed by atoms with Gasteiger partial charge < -0.3 is 0 Å². The van der Waals surface area contributed by atoms with E-state index in [-0.39, 0.29) is 10.5 Å². The summed E-state index contributed by atoms with van der Waals surface area (Å²) in [6.07, 6.45) is 2.91. The third-order valence-corrected chi connectivity index (χ3v) is 5.54. The van der Waals surface area contributed by atoms with E-state index >= 15 is 0 Å². The Balaban J connectivity index is 2.12. The minimum atomic E-state index is -3.80. The standard InChI is InChI=1S/C21H22FN3O3S/c1-14(2)3-12-19-20(15-4-10-18(11-5-15)29(23,27)28)13-24-25(21(19)26)17-8-6-16(22)7-9-17/h4-11,13-14H,3,12H2,1-2H3,(H2,23,27,28). The van der Waals surface area contributed by atoms with E-state index in [4.69, 9.17) is 5.14 Å². The number of sulfonamides is 1. The molecule has 0 fully saturated rings. The van der Waals surface area contributed by atoms with Crippen LogP contribution in [0.3, 0.4) is 0 Å². The Labute approximate surface area is 168 Å². The SMILES string of the molecule is CC(C)CCc1c(-c2ccc(S(N)(=O)=O)cc2)cnn(-c2ccc(F)cc2)c1=O. The molecule has 2 aromatic carbocycles. The van der Waals surface area contributed by atoms with Crippen LogP contribution in [-0.4, -0.2) is 18.2 Å². The van der Waals surface area contributed by atoms with E-state index in [1.165, 1.54) is 41.1 Å². The van der Waals surface area contributed by atoms with E-state index in [2.05, 4.69) is 18.9 Å². The van der Waals surface area contributed by atoms with E-state index in [0.717, 1.165) is 6.42 Å². The molecule has 0 aliphatic rings. The van der Waals surface area contributed by atoms with Crippen molar-refractivity contribution in [1.82, 2.24) is 9.78 Å². The van der Waals surface area contributed by atoms with Crippen LogP contribution in [0.15, 0.2) is 64.4 Å². The zero-order valence-corrected chi connectivity index (χ0v) is 17.0. The summed E-state index contributed by atoms with van der Waals surface area (Å²) in [4.78, 5) is 13.2. The van der Waals surface area contributed by atoms with Crippen LogP contribution in [0.2, 0.25) is 0 Å². The molecule has 0 aliphatic carbocycles. The van der Waals surface area contributed by atoms with Gasteiger partial charge in [-0.05, 0) is 60.7 Å². The number of nitrogens with two attached hydrogens (primary N) is 1. The lowest BCUT2D eigenvalue weighted by atomic mass is 9.96. The quantitative estimate of drug-likeness (QED) is 0.668. The Morgan fingerprint density at radius 1 is 1.07 bits per heavy atom. The lowest BCUT2D eigenvalue weighted by Gasteiger charge is -2.14. The van der Waals surface area contributed by atoms with E-state index in [1.807, 2.05) is 0 Å². The molecule has 6 nitrogen and oxygen atoms in total. The predicted molar refractivity (Wildman–Crippen MR) is 110 cm³/mol. The first kappa shape index (κ1) is 20.9. The van der Waals surface area contributed by atoms with Gasteiger partial charge in [-0.25, -0.2) is 17.9 Å². The lowest BCUT2D eigenvalue weighted by Crippen LogP contribution is -2.26. The highest BCUT2D eigenvalue weighted by Gasteiger charge is 2.16. The van der Waals surface area contributed by atoms with Crippen LogP contribution >= 0.6 is 0 Å². The summed E-state index contributed by atoms with van der Waals surface area (Å²) in [5.41, 5.74) is 2.06. The van der Waals surface area contributed by atoms with Crippen molar-refractivity contribution >= 4 is 10.0 Å². The number of primary sulfonamides is 1. The van der Waals surface area contributed by atoms with Gasteiger partial charge in [0.05, 0.1) is 16.8 Å². The molecule has 152 valence electrons. The molecule has 29 heavy (non-hydrogen) atoms. The summed E-state index contributed by atoms with van der Waals surface area (Å²) < 4.78 is 37.5. The Bertz CT molecular complexity index is 1170. The van der Waals surface area contributed by atoms with Gasteiger partial charge in [0, 0.05) is 11.1 Å². The van der Waals surface area contributed by atoms with E-state index < -0.39 is 15.8 Å². The van der Waals surface area contributed by atoms with Crippen LogP contribution in [-0.2, 0) is 16.4 Å². The molecule has 0 unspecified atom stereocenters. The van der Waals surface area contributed by atoms with E-state index in [1.54, 1.807) is 18.3 Å². The molecule has 2 N–H and O–H groups in total. The molecule has 1 aromatic heterocycles. The Morgan fingerprint density at radius 3 is 2.24 bits per heavy atom. The van der Waals surface area contributed by atoms with Crippen molar-refractivity contribution in [2.45, 2.75) is 31.6 Å². The lowest BCUT2D eigenvalue weighted by molar-refractivity contribution is 0.582. The average Bonchev–Trinajstić information content (AvgIpc) is 2.67. The molecular weight excluding hydrogens is 393 g/mol. The monoisotopic (exact) mass is 415 g/mol. The fourth-order valence-electron chi connectivity index (χ4n) is 3.00. The van der Waals surface area contributed by atoms with E-state index in [9.17, 15) is 17.6 Å². The van der Waals surface area contributed by atoms with Gasteiger partial charge in [0.25, 0.3) is 5.56 Å². The predicted octanol–water partition coefficient (Wildman–Crippen LogP) is 3.27. The second-order valence-corrected chi connectivity index (χ2v) is 8.79. The summed E-state index contributed by atoms with van der Waals surface area (Å²) in [5.74, 6) is -0.00663. The second kappa shape index (κ2) is 8.26. The summed E-state index contributed by atoms with van der Waals surface area (Å²) in [6.45, 7) is 4.14. The number of hydrogen-bond acceptors (Lipinski definition) is 4. The van der Waals surface area contributed by atoms with Gasteiger partial charge in [-0.15, -0.1) is 0 Å². The highest BCUT2D eigenvalue weighted by Crippen LogP contribution is 2.24. The normalized spacial score (nSPS) is 11.8. The van der Waals surface area contributed by atoms with Gasteiger partial charge in [-0.1, -0.05) is 26.0 Å². The molecule has 1 heterocycles. The topological polar surface area (TPSA) is 95.1 Å². The summed E-state index contributed by atoms with van der Waals surface area (Å²) in [5, 5.41) is 9.41. The Hall–Kier alpha value is -2.84. The summed E-state index contributed by atoms with van der Waals surface area (Å²) >= 11 is 0. The van der Waals surface area contributed by atoms with Gasteiger partial charge in [-0.3, -0.25) is 4.79 Å². The van der Waals surface area contributed by atoms with E-state index in [0.29, 0.717) is 34.7 Å². The van der Waals surface area contributed by atoms with Gasteiger partial charge >= 0.3 is 0 Å². The molecule has 0 bridgehead atoms. The molecular formula is C21H22FN3O3S. The first-order valence-corrected chi connectivity index (χ1v) is 10.7. The highest BCUT2D eigenvalue weighted by atomic mass is 32.2. The maximum absolute atomic E-state index is 13.2. The third-order valence-electron chi connectivity index (χ3n) is 4.61. The summed E-state index contributed by atoms with van der Waals surface area (Å²) in [7, 11) is -3.80. The molecule has 3 rings (SSSR count). The fraction of sp³-hybridized carbons (Fsp3) is 0.238. The number of aromatic nitrogens is 2. The molecule has 0 amide bonds. The van der Waals surface area contributed by atoms with Crippen molar-refractivity contribution in [3.63, 3.8) is 0 Å². The number of hydrogen-bond donors (Lipinski definition) is 1. The van der Waals surface area contributed by atoms with Crippen molar-refractivity contribution in [2.24, 2.45) is 11.1 Å². The number of rotatable bonds is 6. The van der Waals surface area contributed by atoms with Crippen LogP contribution in [0, 0.1) is 11.7 Å². The molecule has 0 saturated carbocycles. The summed E-state index contributed by atoms with van der Waals surface area (Å²) in [6, 6.07) is 11.6. The largest absolute Gasteiger partial charge is 0.275 e. The minimum Gasteiger partial charge on any atom is -0.267 e. The maximum atomic E-state index is 13.2. The van der Waals surface area contributed by atoms with Crippen molar-refractivity contribution in [3.05, 3.63) is 76.5 Å². The van der Waals surface area contributed by atoms with Gasteiger partial charge in [-0.2, -0.15) is 9.78 Å². The molecule has 0 spiro atoms. The van der Waals surface area contributed by atoms with Crippen LogP contribution in [0.1, 0.15) is 25.8 Å². The van der Waals surface area contributed by atoms with Crippen LogP contribution in [0.5, 0.6) is 0 Å². The number of benzene rings is 2. The second-order valence-electron chi connectivity index (χ2n) is 7.23. The molecule has 0 aliphatic heterocycles. The van der Waals surface area contributed by atoms with Gasteiger partial charge in [0.15, 0.2) is 0 Å². The molecule has 0 saturated heterocycles. The first-order chi connectivity index (χ1) is 13.7. The zero-order chi connectivity index (χ0) is 21.2. The van der Waals surface area contributed by atoms with Gasteiger partial charge in [0.1, 0.15) is 5.82 Å². The van der Waals surface area contributed by atoms with Crippen LogP contribution < -0.4 is 10.7 Å². The Kier molecular flexibility index (Phi) is 5.95. The third kappa shape index (κ3) is 4.78. The van der Waals surface area contributed by atoms with Crippen molar-refractivity contribution < 1.29 is 12.8 Å². The molecule has 0 radical (unpaired) electrons. The van der Waals surface area contributed by atoms with Crippen LogP contribution in [0.4, 0.5) is 4.39 Å². The average molecular weight is 415 g/mol. The van der Waals surface area contributed by atoms with Crippen molar-refractivity contribution in [3.8, 4) is 16.8 Å². The zero-order valence-electron chi connectivity index (χ0n) is 16.2. The molecule has 3 aromatic rings. The van der Waals surface area contributed by atoms with Gasteiger partial charge in [0.2, 0.25) is 10.0 Å². The van der Waals surface area contributed by atoms with Crippen molar-refractivity contribution in [1.29, 1.82) is 0 Å². The molecule has 8 heteroatoms.